The van der Waals surface area contributed by atoms with E-state index in [0.29, 0.717) is 46.2 Å². The van der Waals surface area contributed by atoms with Gasteiger partial charge in [-0.1, -0.05) is 0 Å². The van der Waals surface area contributed by atoms with Crippen molar-refractivity contribution in [2.45, 2.75) is 6.92 Å². The fourth-order valence-electron chi connectivity index (χ4n) is 0.773. The molecule has 1 N–H and O–H groups in total. The third-order valence-electron chi connectivity index (χ3n) is 1.40. The quantitative estimate of drug-likeness (QED) is 0.217. The average molecular weight is 224 g/mol. The molecule has 0 unspecified atom stereocenters. The highest BCUT2D eigenvalue weighted by molar-refractivity contribution is 4.32. The van der Waals surface area contributed by atoms with Gasteiger partial charge in [0.15, 0.2) is 6.79 Å². The van der Waals surface area contributed by atoms with Gasteiger partial charge in [-0.15, -0.1) is 0 Å². The zero-order chi connectivity index (χ0) is 11.2. The van der Waals surface area contributed by atoms with Gasteiger partial charge in [-0.3, -0.25) is 0 Å². The predicted molar refractivity (Wildman–Crippen MR) is 52.3 cm³/mol. The van der Waals surface area contributed by atoms with Gasteiger partial charge >= 0.3 is 0 Å². The molecule has 0 atom stereocenters. The Morgan fingerprint density at radius 2 is 1.27 bits per heavy atom. The van der Waals surface area contributed by atoms with Crippen LogP contribution >= 0.6 is 0 Å². The van der Waals surface area contributed by atoms with Crippen molar-refractivity contribution in [3.63, 3.8) is 0 Å². The van der Waals surface area contributed by atoms with Crippen molar-refractivity contribution >= 4 is 0 Å². The van der Waals surface area contributed by atoms with Crippen LogP contribution < -0.4 is 0 Å². The van der Waals surface area contributed by atoms with Crippen LogP contribution in [0.3, 0.4) is 0 Å². The van der Waals surface area contributed by atoms with Gasteiger partial charge in [0, 0.05) is 6.61 Å². The zero-order valence-electron chi connectivity index (χ0n) is 9.15. The Morgan fingerprint density at radius 3 is 1.80 bits per heavy atom. The normalized spacial score (nSPS) is 10.8. The van der Waals surface area contributed by atoms with Crippen LogP contribution in [0.25, 0.3) is 0 Å². The highest BCUT2D eigenvalue weighted by atomic mass is 17.2. The topological polar surface area (TPSA) is 66.4 Å². The highest BCUT2D eigenvalue weighted by Gasteiger charge is 1.91. The largest absolute Gasteiger partial charge is 0.379 e. The van der Waals surface area contributed by atoms with Gasteiger partial charge in [0.2, 0.25) is 0 Å². The maximum Gasteiger partial charge on any atom is 0.178 e. The summed E-state index contributed by atoms with van der Waals surface area (Å²) in [6, 6.07) is 0. The van der Waals surface area contributed by atoms with Gasteiger partial charge in [-0.25, -0.2) is 9.78 Å². The van der Waals surface area contributed by atoms with E-state index in [4.69, 9.17) is 19.3 Å². The molecular weight excluding hydrogens is 204 g/mol. The van der Waals surface area contributed by atoms with E-state index in [1.54, 1.807) is 0 Å². The Kier molecular flexibility index (Phi) is 13.5. The highest BCUT2D eigenvalue weighted by Crippen LogP contribution is 1.82. The summed E-state index contributed by atoms with van der Waals surface area (Å²) in [6.45, 7) is 5.16. The monoisotopic (exact) mass is 224 g/mol. The molecule has 0 heterocycles. The van der Waals surface area contributed by atoms with Gasteiger partial charge in [0.1, 0.15) is 6.61 Å². The van der Waals surface area contributed by atoms with E-state index < -0.39 is 6.79 Å². The second kappa shape index (κ2) is 13.8. The van der Waals surface area contributed by atoms with E-state index in [1.165, 1.54) is 0 Å². The van der Waals surface area contributed by atoms with Crippen LogP contribution in [0.1, 0.15) is 6.92 Å². The van der Waals surface area contributed by atoms with E-state index in [1.807, 2.05) is 6.92 Å². The molecule has 0 aliphatic rings. The maximum absolute atomic E-state index is 8.19. The SMILES string of the molecule is CCOCCOCCOCCOOCO. The van der Waals surface area contributed by atoms with E-state index in [0.717, 1.165) is 0 Å². The summed E-state index contributed by atoms with van der Waals surface area (Å²) < 4.78 is 15.4. The van der Waals surface area contributed by atoms with Crippen molar-refractivity contribution in [3.8, 4) is 0 Å². The second-order valence-electron chi connectivity index (χ2n) is 2.49. The van der Waals surface area contributed by atoms with Crippen LogP contribution in [-0.2, 0) is 24.0 Å². The van der Waals surface area contributed by atoms with Gasteiger partial charge in [-0.2, -0.15) is 0 Å². The van der Waals surface area contributed by atoms with Gasteiger partial charge in [0.05, 0.1) is 33.0 Å². The van der Waals surface area contributed by atoms with Crippen molar-refractivity contribution in [1.29, 1.82) is 0 Å². The van der Waals surface area contributed by atoms with Crippen molar-refractivity contribution < 1.29 is 29.1 Å². The lowest BCUT2D eigenvalue weighted by atomic mass is 10.7. The lowest BCUT2D eigenvalue weighted by Crippen LogP contribution is -2.12. The molecule has 6 nitrogen and oxygen atoms in total. The predicted octanol–water partition coefficient (Wildman–Crippen LogP) is -0.0459. The molecule has 0 amide bonds. The minimum Gasteiger partial charge on any atom is -0.379 e. The Bertz CT molecular complexity index is 98.8. The number of aliphatic hydroxyl groups is 1. The summed E-state index contributed by atoms with van der Waals surface area (Å²) in [4.78, 5) is 8.74. The molecule has 0 aromatic rings. The summed E-state index contributed by atoms with van der Waals surface area (Å²) in [5, 5.41) is 8.19. The molecule has 92 valence electrons. The van der Waals surface area contributed by atoms with Crippen LogP contribution in [0.15, 0.2) is 0 Å². The van der Waals surface area contributed by atoms with Crippen LogP contribution in [0, 0.1) is 0 Å². The number of hydrogen-bond donors (Lipinski definition) is 1. The Morgan fingerprint density at radius 1 is 0.733 bits per heavy atom. The molecule has 0 aliphatic heterocycles. The number of aliphatic hydroxyl groups excluding tert-OH is 1. The van der Waals surface area contributed by atoms with E-state index >= 15 is 0 Å². The first-order chi connectivity index (χ1) is 7.41. The number of ether oxygens (including phenoxy) is 3. The van der Waals surface area contributed by atoms with Crippen molar-refractivity contribution in [2.24, 2.45) is 0 Å². The molecule has 15 heavy (non-hydrogen) atoms. The molecule has 0 aliphatic carbocycles. The smallest absolute Gasteiger partial charge is 0.178 e. The minimum atomic E-state index is -0.444. The van der Waals surface area contributed by atoms with E-state index in [-0.39, 0.29) is 0 Å². The summed E-state index contributed by atoms with van der Waals surface area (Å²) >= 11 is 0. The van der Waals surface area contributed by atoms with Crippen LogP contribution in [0.4, 0.5) is 0 Å². The summed E-state index contributed by atoms with van der Waals surface area (Å²) in [5.41, 5.74) is 0. The van der Waals surface area contributed by atoms with Crippen molar-refractivity contribution in [3.05, 3.63) is 0 Å². The lowest BCUT2D eigenvalue weighted by Gasteiger charge is -2.05. The molecule has 6 heteroatoms. The Labute approximate surface area is 90.0 Å². The molecule has 0 aromatic heterocycles. The molecule has 0 rings (SSSR count). The first-order valence-electron chi connectivity index (χ1n) is 5.00. The summed E-state index contributed by atoms with van der Waals surface area (Å²) in [5.74, 6) is 0. The summed E-state index contributed by atoms with van der Waals surface area (Å²) in [6.07, 6.45) is 0. The first kappa shape index (κ1) is 14.8. The van der Waals surface area contributed by atoms with Gasteiger partial charge < -0.3 is 19.3 Å². The third kappa shape index (κ3) is 13.8. The lowest BCUT2D eigenvalue weighted by molar-refractivity contribution is -0.331. The average Bonchev–Trinajstić information content (AvgIpc) is 2.26. The molecular formula is C9H20O6. The molecule has 0 fully saturated rings. The minimum absolute atomic E-state index is 0.291. The molecule has 0 spiro atoms. The van der Waals surface area contributed by atoms with Crippen LogP contribution in [0.2, 0.25) is 0 Å². The van der Waals surface area contributed by atoms with Crippen LogP contribution in [-0.4, -0.2) is 58.1 Å². The Hall–Kier alpha value is -0.240. The summed E-state index contributed by atoms with van der Waals surface area (Å²) in [7, 11) is 0. The van der Waals surface area contributed by atoms with E-state index in [9.17, 15) is 0 Å². The molecule has 0 bridgehead atoms. The number of rotatable bonds is 12. The molecule has 0 saturated carbocycles. The van der Waals surface area contributed by atoms with Crippen LogP contribution in [0.5, 0.6) is 0 Å². The fourth-order valence-corrected chi connectivity index (χ4v) is 0.773. The zero-order valence-corrected chi connectivity index (χ0v) is 9.15. The van der Waals surface area contributed by atoms with E-state index in [2.05, 4.69) is 9.78 Å². The maximum atomic E-state index is 8.19. The molecule has 0 saturated heterocycles. The second-order valence-corrected chi connectivity index (χ2v) is 2.49. The van der Waals surface area contributed by atoms with Crippen molar-refractivity contribution in [2.75, 3.05) is 53.0 Å². The number of hydrogen-bond acceptors (Lipinski definition) is 6. The van der Waals surface area contributed by atoms with Gasteiger partial charge in [-0.05, 0) is 6.92 Å². The van der Waals surface area contributed by atoms with Crippen molar-refractivity contribution in [1.82, 2.24) is 0 Å². The third-order valence-corrected chi connectivity index (χ3v) is 1.40. The fraction of sp³-hybridized carbons (Fsp3) is 1.00. The Balaban J connectivity index is 2.81. The first-order valence-corrected chi connectivity index (χ1v) is 5.00. The van der Waals surface area contributed by atoms with Gasteiger partial charge in [0.25, 0.3) is 0 Å². The molecule has 0 radical (unpaired) electrons. The standard InChI is InChI=1S/C9H20O6/c1-2-11-3-4-12-5-6-13-7-8-14-15-9-10/h10H,2-9H2,1H3. The molecule has 0 aromatic carbocycles.